The van der Waals surface area contributed by atoms with Crippen LogP contribution >= 0.6 is 7.82 Å². The monoisotopic (exact) mass is 825 g/mol. The van der Waals surface area contributed by atoms with E-state index in [-0.39, 0.29) is 19.4 Å². The number of rotatable bonds is 38. The number of esters is 2. The lowest BCUT2D eigenvalue weighted by molar-refractivity contribution is -0.161. The third-order valence-corrected chi connectivity index (χ3v) is 9.60. The molecule has 57 heavy (non-hydrogen) atoms. The van der Waals surface area contributed by atoms with Gasteiger partial charge in [-0.05, 0) is 50.9 Å². The highest BCUT2D eigenvalue weighted by Crippen LogP contribution is 2.43. The van der Waals surface area contributed by atoms with Crippen LogP contribution in [0.1, 0.15) is 149 Å². The van der Waals surface area contributed by atoms with Crippen LogP contribution in [0.25, 0.3) is 0 Å². The third-order valence-electron chi connectivity index (χ3n) is 8.65. The lowest BCUT2D eigenvalue weighted by atomic mass is 10.0. The number of aliphatic hydroxyl groups excluding tert-OH is 3. The van der Waals surface area contributed by atoms with E-state index in [0.717, 1.165) is 44.4 Å². The van der Waals surface area contributed by atoms with Crippen molar-refractivity contribution >= 4 is 19.8 Å². The number of phosphoric ester groups is 1. The SMILES string of the molecule is CC/C=C\C/C=C\CC(O)/C=C/C=C\C/C=C\C/C=C\CCC(=O)O[C@H](COC(=O)CCCCCCCCCCCCCC(C)C)COP(=O)(O)OC[C@@H](O)CO. The fraction of sp³-hybridized carbons (Fsp3) is 0.689. The molecule has 0 aromatic rings. The molecule has 0 rings (SSSR count). The molecule has 0 aliphatic rings. The van der Waals surface area contributed by atoms with Gasteiger partial charge in [0.25, 0.3) is 0 Å². The van der Waals surface area contributed by atoms with Gasteiger partial charge in [-0.15, -0.1) is 0 Å². The zero-order valence-corrected chi connectivity index (χ0v) is 36.2. The molecule has 0 radical (unpaired) electrons. The first-order valence-electron chi connectivity index (χ1n) is 21.4. The second kappa shape index (κ2) is 38.9. The van der Waals surface area contributed by atoms with Crippen LogP contribution in [0, 0.1) is 5.92 Å². The van der Waals surface area contributed by atoms with E-state index in [1.165, 1.54) is 51.4 Å². The largest absolute Gasteiger partial charge is 0.472 e. The Morgan fingerprint density at radius 3 is 1.84 bits per heavy atom. The van der Waals surface area contributed by atoms with Crippen molar-refractivity contribution in [1.29, 1.82) is 0 Å². The van der Waals surface area contributed by atoms with Crippen molar-refractivity contribution in [1.82, 2.24) is 0 Å². The number of hydrogen-bond acceptors (Lipinski definition) is 10. The summed E-state index contributed by atoms with van der Waals surface area (Å²) in [5, 5.41) is 28.3. The maximum absolute atomic E-state index is 12.6. The summed E-state index contributed by atoms with van der Waals surface area (Å²) < 4.78 is 32.6. The molecule has 0 aromatic carbocycles. The molecule has 12 heteroatoms. The van der Waals surface area contributed by atoms with Crippen molar-refractivity contribution in [3.05, 3.63) is 72.9 Å². The van der Waals surface area contributed by atoms with Gasteiger partial charge >= 0.3 is 19.8 Å². The Bertz CT molecular complexity index is 1210. The molecule has 4 N–H and O–H groups in total. The molecule has 0 spiro atoms. The maximum atomic E-state index is 12.6. The topological polar surface area (TPSA) is 169 Å². The minimum Gasteiger partial charge on any atom is -0.462 e. The first-order chi connectivity index (χ1) is 27.5. The van der Waals surface area contributed by atoms with E-state index in [0.29, 0.717) is 25.7 Å². The van der Waals surface area contributed by atoms with Gasteiger partial charge in [-0.2, -0.15) is 0 Å². The van der Waals surface area contributed by atoms with Crippen LogP contribution in [0.2, 0.25) is 0 Å². The van der Waals surface area contributed by atoms with Crippen molar-refractivity contribution in [2.24, 2.45) is 5.92 Å². The molecule has 11 nitrogen and oxygen atoms in total. The number of unbranched alkanes of at least 4 members (excludes halogenated alkanes) is 10. The molecular weight excluding hydrogens is 747 g/mol. The number of carbonyl (C=O) groups is 2. The molecule has 4 atom stereocenters. The molecule has 328 valence electrons. The van der Waals surface area contributed by atoms with Gasteiger partial charge in [-0.1, -0.05) is 164 Å². The third kappa shape index (κ3) is 40.0. The molecule has 0 bridgehead atoms. The summed E-state index contributed by atoms with van der Waals surface area (Å²) in [6.07, 6.45) is 39.2. The van der Waals surface area contributed by atoms with E-state index in [1.807, 2.05) is 54.7 Å². The Morgan fingerprint density at radius 1 is 0.649 bits per heavy atom. The molecule has 0 heterocycles. The van der Waals surface area contributed by atoms with E-state index in [9.17, 15) is 29.3 Å². The second-order valence-electron chi connectivity index (χ2n) is 14.7. The maximum Gasteiger partial charge on any atom is 0.472 e. The molecule has 2 unspecified atom stereocenters. The highest BCUT2D eigenvalue weighted by atomic mass is 31.2. The highest BCUT2D eigenvalue weighted by Gasteiger charge is 2.27. The highest BCUT2D eigenvalue weighted by molar-refractivity contribution is 7.47. The van der Waals surface area contributed by atoms with Gasteiger partial charge in [0.2, 0.25) is 0 Å². The molecule has 0 amide bonds. The fourth-order valence-electron chi connectivity index (χ4n) is 5.35. The zero-order valence-electron chi connectivity index (χ0n) is 35.3. The van der Waals surface area contributed by atoms with Crippen molar-refractivity contribution < 1.29 is 52.9 Å². The number of phosphoric acid groups is 1. The first kappa shape index (κ1) is 54.4. The van der Waals surface area contributed by atoms with Crippen molar-refractivity contribution in [3.8, 4) is 0 Å². The minimum absolute atomic E-state index is 0.0333. The Balaban J connectivity index is 4.51. The molecule has 0 saturated heterocycles. The fourth-order valence-corrected chi connectivity index (χ4v) is 6.14. The minimum atomic E-state index is -4.65. The zero-order chi connectivity index (χ0) is 42.2. The predicted octanol–water partition coefficient (Wildman–Crippen LogP) is 10.1. The standard InChI is InChI=1S/C45H77O11P/c1-4-5-6-7-22-27-32-41(47)33-28-23-18-14-11-12-16-20-25-30-35-45(50)56-43(39-55-57(51,52)54-37-42(48)36-46)38-53-44(49)34-29-24-19-15-10-8-9-13-17-21-26-31-40(2)3/h5-6,11-12,18,20,22-23,25,27-28,33,40-43,46-48H,4,7-10,13-17,19,21,24,26,29-32,34-39H2,1-3H3,(H,51,52)/b6-5-,12-11-,23-18-,25-20-,27-22-,33-28+/t41?,42-,43+/m0/s1. The first-order valence-corrected chi connectivity index (χ1v) is 22.9. The Labute approximate surface area is 344 Å². The van der Waals surface area contributed by atoms with E-state index in [2.05, 4.69) is 37.4 Å². The summed E-state index contributed by atoms with van der Waals surface area (Å²) in [6.45, 7) is 4.39. The molecular formula is C45H77O11P. The van der Waals surface area contributed by atoms with Gasteiger partial charge < -0.3 is 29.7 Å². The summed E-state index contributed by atoms with van der Waals surface area (Å²) in [5.74, 6) is -0.266. The van der Waals surface area contributed by atoms with Gasteiger partial charge in [0.15, 0.2) is 6.10 Å². The summed E-state index contributed by atoms with van der Waals surface area (Å²) >= 11 is 0. The van der Waals surface area contributed by atoms with Crippen LogP contribution < -0.4 is 0 Å². The number of hydrogen-bond donors (Lipinski definition) is 4. The Morgan fingerprint density at radius 2 is 1.21 bits per heavy atom. The van der Waals surface area contributed by atoms with Crippen molar-refractivity contribution in [2.75, 3.05) is 26.4 Å². The molecule has 0 aliphatic heterocycles. The van der Waals surface area contributed by atoms with Crippen molar-refractivity contribution in [2.45, 2.75) is 167 Å². The van der Waals surface area contributed by atoms with Gasteiger partial charge in [-0.3, -0.25) is 18.6 Å². The molecule has 0 aromatic heterocycles. The van der Waals surface area contributed by atoms with Crippen LogP contribution in [-0.4, -0.2) is 76.9 Å². The lowest BCUT2D eigenvalue weighted by Gasteiger charge is -2.20. The second-order valence-corrected chi connectivity index (χ2v) is 16.1. The number of carbonyl (C=O) groups excluding carboxylic acids is 2. The summed E-state index contributed by atoms with van der Waals surface area (Å²) in [4.78, 5) is 34.9. The van der Waals surface area contributed by atoms with E-state index in [4.69, 9.17) is 19.1 Å². The normalized spacial score (nSPS) is 15.2. The Hall–Kier alpha value is -2.63. The molecule has 0 saturated carbocycles. The molecule has 0 fully saturated rings. The van der Waals surface area contributed by atoms with Gasteiger partial charge in [-0.25, -0.2) is 4.57 Å². The average Bonchev–Trinajstić information content (AvgIpc) is 3.18. The average molecular weight is 825 g/mol. The van der Waals surface area contributed by atoms with E-state index >= 15 is 0 Å². The number of aliphatic hydroxyl groups is 3. The number of allylic oxidation sites excluding steroid dienone is 10. The Kier molecular flexibility index (Phi) is 37.1. The molecule has 0 aliphatic carbocycles. The van der Waals surface area contributed by atoms with Crippen molar-refractivity contribution in [3.63, 3.8) is 0 Å². The summed E-state index contributed by atoms with van der Waals surface area (Å²) in [6, 6.07) is 0. The van der Waals surface area contributed by atoms with Crippen LogP contribution in [-0.2, 0) is 32.7 Å². The van der Waals surface area contributed by atoms with Crippen LogP contribution in [0.3, 0.4) is 0 Å². The van der Waals surface area contributed by atoms with Crippen LogP contribution in [0.15, 0.2) is 72.9 Å². The summed E-state index contributed by atoms with van der Waals surface area (Å²) in [5.41, 5.74) is 0. The van der Waals surface area contributed by atoms with Crippen LogP contribution in [0.4, 0.5) is 0 Å². The number of ether oxygens (including phenoxy) is 2. The predicted molar refractivity (Wildman–Crippen MR) is 229 cm³/mol. The van der Waals surface area contributed by atoms with E-state index < -0.39 is 57.9 Å². The summed E-state index contributed by atoms with van der Waals surface area (Å²) in [7, 11) is -4.65. The smallest absolute Gasteiger partial charge is 0.462 e. The van der Waals surface area contributed by atoms with Gasteiger partial charge in [0.1, 0.15) is 12.7 Å². The van der Waals surface area contributed by atoms with Gasteiger partial charge in [0.05, 0.1) is 25.9 Å². The van der Waals surface area contributed by atoms with Gasteiger partial charge in [0, 0.05) is 12.8 Å². The quantitative estimate of drug-likeness (QED) is 0.0154. The van der Waals surface area contributed by atoms with Crippen LogP contribution in [0.5, 0.6) is 0 Å². The lowest BCUT2D eigenvalue weighted by Crippen LogP contribution is -2.29. The van der Waals surface area contributed by atoms with E-state index in [1.54, 1.807) is 6.08 Å².